The van der Waals surface area contributed by atoms with E-state index in [0.717, 1.165) is 18.5 Å². The van der Waals surface area contributed by atoms with Crippen molar-refractivity contribution in [1.29, 1.82) is 0 Å². The fraction of sp³-hybridized carbons (Fsp3) is 0.476. The van der Waals surface area contributed by atoms with Crippen LogP contribution in [0.3, 0.4) is 0 Å². The van der Waals surface area contributed by atoms with Gasteiger partial charge in [0, 0.05) is 20.1 Å². The first-order chi connectivity index (χ1) is 15.1. The third-order valence-electron chi connectivity index (χ3n) is 5.49. The molecule has 3 rings (SSSR count). The molecule has 1 aliphatic rings. The zero-order valence-electron chi connectivity index (χ0n) is 18.8. The van der Waals surface area contributed by atoms with E-state index in [1.54, 1.807) is 18.7 Å². The predicted molar refractivity (Wildman–Crippen MR) is 117 cm³/mol. The molecule has 1 fully saturated rings. The molecule has 1 aliphatic heterocycles. The second-order valence-corrected chi connectivity index (χ2v) is 9.59. The molecule has 0 aliphatic carbocycles. The van der Waals surface area contributed by atoms with Crippen molar-refractivity contribution in [2.75, 3.05) is 25.5 Å². The Kier molecular flexibility index (Phi) is 6.89. The summed E-state index contributed by atoms with van der Waals surface area (Å²) >= 11 is 0. The SMILES string of the molecule is COc1ccc(C(=O)O[C@@H](C)C(=O)Nc2c(C)nn(C)c2C)cc1S(=O)(=O)N1CCCC1. The Balaban J connectivity index is 1.78. The number of hydrogen-bond donors (Lipinski definition) is 1. The topological polar surface area (TPSA) is 120 Å². The third kappa shape index (κ3) is 4.63. The van der Waals surface area contributed by atoms with Gasteiger partial charge in [-0.3, -0.25) is 9.48 Å². The summed E-state index contributed by atoms with van der Waals surface area (Å²) in [6.45, 7) is 5.86. The van der Waals surface area contributed by atoms with E-state index >= 15 is 0 Å². The first-order valence-corrected chi connectivity index (χ1v) is 11.7. The number of sulfonamides is 1. The first kappa shape index (κ1) is 23.7. The number of carbonyl (C=O) groups excluding carboxylic acids is 2. The van der Waals surface area contributed by atoms with Gasteiger partial charge in [-0.2, -0.15) is 9.40 Å². The number of aryl methyl sites for hydroxylation is 2. The lowest BCUT2D eigenvalue weighted by Crippen LogP contribution is -2.31. The molecule has 1 N–H and O–H groups in total. The van der Waals surface area contributed by atoms with Gasteiger partial charge in [0.1, 0.15) is 10.6 Å². The molecule has 1 atom stereocenters. The number of aromatic nitrogens is 2. The average molecular weight is 465 g/mol. The van der Waals surface area contributed by atoms with Crippen molar-refractivity contribution < 1.29 is 27.5 Å². The molecule has 1 aromatic heterocycles. The fourth-order valence-corrected chi connectivity index (χ4v) is 5.23. The van der Waals surface area contributed by atoms with E-state index < -0.39 is 28.0 Å². The minimum absolute atomic E-state index is 0.0111. The summed E-state index contributed by atoms with van der Waals surface area (Å²) in [5, 5.41) is 6.96. The maximum atomic E-state index is 13.0. The second-order valence-electron chi connectivity index (χ2n) is 7.68. The zero-order chi connectivity index (χ0) is 23.6. The number of ether oxygens (including phenoxy) is 2. The van der Waals surface area contributed by atoms with Gasteiger partial charge in [-0.05, 0) is 51.8 Å². The maximum absolute atomic E-state index is 13.0. The Morgan fingerprint density at radius 3 is 2.41 bits per heavy atom. The summed E-state index contributed by atoms with van der Waals surface area (Å²) in [4.78, 5) is 25.1. The van der Waals surface area contributed by atoms with E-state index in [2.05, 4.69) is 10.4 Å². The largest absolute Gasteiger partial charge is 0.495 e. The molecular weight excluding hydrogens is 436 g/mol. The first-order valence-electron chi connectivity index (χ1n) is 10.3. The molecule has 0 saturated carbocycles. The zero-order valence-corrected chi connectivity index (χ0v) is 19.7. The molecule has 0 spiro atoms. The van der Waals surface area contributed by atoms with E-state index in [1.807, 2.05) is 6.92 Å². The number of esters is 1. The Bertz CT molecular complexity index is 1140. The lowest BCUT2D eigenvalue weighted by Gasteiger charge is -2.18. The summed E-state index contributed by atoms with van der Waals surface area (Å²) in [5.74, 6) is -1.19. The average Bonchev–Trinajstić information content (AvgIpc) is 3.38. The van der Waals surface area contributed by atoms with E-state index in [-0.39, 0.29) is 16.2 Å². The minimum atomic E-state index is -3.82. The highest BCUT2D eigenvalue weighted by molar-refractivity contribution is 7.89. The predicted octanol–water partition coefficient (Wildman–Crippen LogP) is 2.01. The minimum Gasteiger partial charge on any atom is -0.495 e. The van der Waals surface area contributed by atoms with Gasteiger partial charge < -0.3 is 14.8 Å². The lowest BCUT2D eigenvalue weighted by molar-refractivity contribution is -0.123. The van der Waals surface area contributed by atoms with Crippen molar-refractivity contribution >= 4 is 27.6 Å². The normalized spacial score (nSPS) is 15.4. The van der Waals surface area contributed by atoms with Crippen LogP contribution in [0.25, 0.3) is 0 Å². The number of amides is 1. The molecule has 11 heteroatoms. The van der Waals surface area contributed by atoms with Crippen LogP contribution in [0.4, 0.5) is 5.69 Å². The lowest BCUT2D eigenvalue weighted by atomic mass is 10.2. The van der Waals surface area contributed by atoms with Crippen LogP contribution in [-0.2, 0) is 26.6 Å². The van der Waals surface area contributed by atoms with E-state index in [1.165, 1.54) is 36.5 Å². The molecule has 2 heterocycles. The highest BCUT2D eigenvalue weighted by atomic mass is 32.2. The van der Waals surface area contributed by atoms with Crippen LogP contribution in [0.1, 0.15) is 41.5 Å². The molecule has 10 nitrogen and oxygen atoms in total. The number of hydrogen-bond acceptors (Lipinski definition) is 7. The van der Waals surface area contributed by atoms with Gasteiger partial charge in [-0.25, -0.2) is 13.2 Å². The van der Waals surface area contributed by atoms with Crippen LogP contribution in [0, 0.1) is 13.8 Å². The van der Waals surface area contributed by atoms with Crippen LogP contribution >= 0.6 is 0 Å². The van der Waals surface area contributed by atoms with Gasteiger partial charge in [-0.15, -0.1) is 0 Å². The summed E-state index contributed by atoms with van der Waals surface area (Å²) in [7, 11) is -0.689. The highest BCUT2D eigenvalue weighted by Crippen LogP contribution is 2.30. The Labute approximate surface area is 187 Å². The molecule has 174 valence electrons. The summed E-state index contributed by atoms with van der Waals surface area (Å²) < 4.78 is 39.5. The van der Waals surface area contributed by atoms with Crippen LogP contribution < -0.4 is 10.1 Å². The molecular formula is C21H28N4O6S. The monoisotopic (exact) mass is 464 g/mol. The Morgan fingerprint density at radius 1 is 1.19 bits per heavy atom. The van der Waals surface area contributed by atoms with Gasteiger partial charge in [0.25, 0.3) is 5.91 Å². The molecule has 1 saturated heterocycles. The number of nitrogens with one attached hydrogen (secondary N) is 1. The maximum Gasteiger partial charge on any atom is 0.338 e. The number of rotatable bonds is 7. The smallest absolute Gasteiger partial charge is 0.338 e. The highest BCUT2D eigenvalue weighted by Gasteiger charge is 2.31. The van der Waals surface area contributed by atoms with Crippen molar-refractivity contribution in [3.63, 3.8) is 0 Å². The Hall–Kier alpha value is -2.92. The molecule has 2 aromatic rings. The Morgan fingerprint density at radius 2 is 1.84 bits per heavy atom. The van der Waals surface area contributed by atoms with Gasteiger partial charge in [0.2, 0.25) is 10.0 Å². The van der Waals surface area contributed by atoms with Crippen LogP contribution in [-0.4, -0.2) is 60.7 Å². The molecule has 1 amide bonds. The third-order valence-corrected chi connectivity index (χ3v) is 7.41. The molecule has 0 bridgehead atoms. The van der Waals surface area contributed by atoms with Crippen LogP contribution in [0.5, 0.6) is 5.75 Å². The number of anilines is 1. The van der Waals surface area contributed by atoms with Crippen molar-refractivity contribution in [1.82, 2.24) is 14.1 Å². The standard InChI is InChI=1S/C21H28N4O6S/c1-13-19(14(2)24(4)23-13)22-20(26)15(3)31-21(27)16-8-9-17(30-5)18(12-16)32(28,29)25-10-6-7-11-25/h8-9,12,15H,6-7,10-11H2,1-5H3,(H,22,26)/t15-/m0/s1. The van der Waals surface area contributed by atoms with Crippen LogP contribution in [0.2, 0.25) is 0 Å². The number of methoxy groups -OCH3 is 1. The molecule has 32 heavy (non-hydrogen) atoms. The van der Waals surface area contributed by atoms with E-state index in [0.29, 0.717) is 24.5 Å². The summed E-state index contributed by atoms with van der Waals surface area (Å²) in [5.41, 5.74) is 1.98. The quantitative estimate of drug-likeness (QED) is 0.623. The van der Waals surface area contributed by atoms with Gasteiger partial charge >= 0.3 is 5.97 Å². The van der Waals surface area contributed by atoms with E-state index in [9.17, 15) is 18.0 Å². The summed E-state index contributed by atoms with van der Waals surface area (Å²) in [6.07, 6.45) is 0.458. The van der Waals surface area contributed by atoms with Crippen molar-refractivity contribution in [3.05, 3.63) is 35.2 Å². The van der Waals surface area contributed by atoms with Crippen molar-refractivity contribution in [3.8, 4) is 5.75 Å². The second kappa shape index (κ2) is 9.29. The van der Waals surface area contributed by atoms with Crippen molar-refractivity contribution in [2.24, 2.45) is 7.05 Å². The summed E-state index contributed by atoms with van der Waals surface area (Å²) in [6, 6.07) is 4.05. The molecule has 1 aromatic carbocycles. The molecule has 0 unspecified atom stereocenters. The van der Waals surface area contributed by atoms with Crippen LogP contribution in [0.15, 0.2) is 23.1 Å². The fourth-order valence-electron chi connectivity index (χ4n) is 3.53. The number of nitrogens with zero attached hydrogens (tertiary/aromatic N) is 3. The van der Waals surface area contributed by atoms with Gasteiger partial charge in [0.15, 0.2) is 6.10 Å². The number of benzene rings is 1. The van der Waals surface area contributed by atoms with Crippen molar-refractivity contribution in [2.45, 2.75) is 44.6 Å². The van der Waals surface area contributed by atoms with Gasteiger partial charge in [-0.1, -0.05) is 0 Å². The van der Waals surface area contributed by atoms with E-state index in [4.69, 9.17) is 9.47 Å². The molecule has 0 radical (unpaired) electrons. The number of carbonyl (C=O) groups is 2. The van der Waals surface area contributed by atoms with Gasteiger partial charge in [0.05, 0.1) is 29.7 Å².